The summed E-state index contributed by atoms with van der Waals surface area (Å²) in [5.41, 5.74) is 3.12. The van der Waals surface area contributed by atoms with Crippen LogP contribution in [-0.2, 0) is 13.1 Å². The maximum Gasteiger partial charge on any atom is 0.422 e. The van der Waals surface area contributed by atoms with Crippen LogP contribution in [0.4, 0.5) is 13.2 Å². The molecule has 0 unspecified atom stereocenters. The summed E-state index contributed by atoms with van der Waals surface area (Å²) in [5.74, 6) is 0.788. The van der Waals surface area contributed by atoms with Crippen LogP contribution in [-0.4, -0.2) is 25.8 Å². The van der Waals surface area contributed by atoms with Gasteiger partial charge in [0.15, 0.2) is 12.6 Å². The van der Waals surface area contributed by atoms with Crippen LogP contribution in [0, 0.1) is 6.92 Å². The van der Waals surface area contributed by atoms with Crippen molar-refractivity contribution >= 4 is 5.96 Å². The molecule has 140 valence electrons. The third-order valence-corrected chi connectivity index (χ3v) is 3.57. The molecule has 0 fully saturated rings. The lowest BCUT2D eigenvalue weighted by Gasteiger charge is -2.13. The first kappa shape index (κ1) is 19.6. The predicted molar refractivity (Wildman–Crippen MR) is 96.2 cm³/mol. The number of ether oxygens (including phenoxy) is 1. The summed E-state index contributed by atoms with van der Waals surface area (Å²) in [4.78, 5) is 4.14. The molecule has 0 aliphatic rings. The van der Waals surface area contributed by atoms with Crippen LogP contribution in [0.2, 0.25) is 0 Å². The van der Waals surface area contributed by atoms with E-state index in [0.717, 1.165) is 11.1 Å². The topological polar surface area (TPSA) is 45.7 Å². The molecule has 2 rings (SSSR count). The van der Waals surface area contributed by atoms with Gasteiger partial charge in [0.05, 0.1) is 0 Å². The number of aryl methyl sites for hydroxylation is 1. The van der Waals surface area contributed by atoms with Crippen molar-refractivity contribution in [2.24, 2.45) is 4.99 Å². The molecule has 0 radical (unpaired) electrons. The molecule has 0 atom stereocenters. The molecule has 0 saturated heterocycles. The van der Waals surface area contributed by atoms with Crippen LogP contribution in [0.1, 0.15) is 16.7 Å². The lowest BCUT2D eigenvalue weighted by atomic mass is 10.1. The Morgan fingerprint density at radius 2 is 1.65 bits per heavy atom. The molecular weight excluding hydrogens is 343 g/mol. The van der Waals surface area contributed by atoms with Crippen LogP contribution in [0.25, 0.3) is 0 Å². The molecule has 0 bridgehead atoms. The number of rotatable bonds is 6. The second kappa shape index (κ2) is 9.12. The van der Waals surface area contributed by atoms with Crippen molar-refractivity contribution in [3.63, 3.8) is 0 Å². The highest BCUT2D eigenvalue weighted by atomic mass is 19.4. The number of alkyl halides is 3. The van der Waals surface area contributed by atoms with Crippen molar-refractivity contribution in [3.05, 3.63) is 65.2 Å². The molecule has 0 heterocycles. The van der Waals surface area contributed by atoms with Gasteiger partial charge in [-0.05, 0) is 30.2 Å². The first-order chi connectivity index (χ1) is 12.4. The normalized spacial score (nSPS) is 12.0. The zero-order chi connectivity index (χ0) is 19.0. The SMILES string of the molecule is CN=C(NCc1ccc(C)cc1)NCc1cccc(OCC(F)(F)F)c1. The van der Waals surface area contributed by atoms with E-state index in [9.17, 15) is 13.2 Å². The smallest absolute Gasteiger partial charge is 0.422 e. The molecule has 0 spiro atoms. The first-order valence-electron chi connectivity index (χ1n) is 8.14. The van der Waals surface area contributed by atoms with Gasteiger partial charge in [-0.25, -0.2) is 0 Å². The van der Waals surface area contributed by atoms with Crippen LogP contribution in [0.15, 0.2) is 53.5 Å². The van der Waals surface area contributed by atoms with E-state index in [2.05, 4.69) is 15.6 Å². The number of hydrogen-bond donors (Lipinski definition) is 2. The fourth-order valence-electron chi connectivity index (χ4n) is 2.21. The Balaban J connectivity index is 1.85. The number of hydrogen-bond acceptors (Lipinski definition) is 2. The van der Waals surface area contributed by atoms with Crippen molar-refractivity contribution in [2.75, 3.05) is 13.7 Å². The molecule has 0 aliphatic heterocycles. The molecule has 0 saturated carbocycles. The van der Waals surface area contributed by atoms with Gasteiger partial charge in [-0.3, -0.25) is 4.99 Å². The molecule has 7 heteroatoms. The Hall–Kier alpha value is -2.70. The Labute approximate surface area is 151 Å². The Morgan fingerprint density at radius 1 is 1.00 bits per heavy atom. The van der Waals surface area contributed by atoms with Crippen LogP contribution < -0.4 is 15.4 Å². The van der Waals surface area contributed by atoms with Crippen molar-refractivity contribution in [1.29, 1.82) is 0 Å². The average Bonchev–Trinajstić information content (AvgIpc) is 2.61. The maximum absolute atomic E-state index is 12.2. The predicted octanol–water partition coefficient (Wildman–Crippen LogP) is 3.80. The maximum atomic E-state index is 12.2. The highest BCUT2D eigenvalue weighted by Crippen LogP contribution is 2.19. The van der Waals surface area contributed by atoms with E-state index in [0.29, 0.717) is 19.0 Å². The summed E-state index contributed by atoms with van der Waals surface area (Å²) in [6.45, 7) is 1.76. The number of nitrogens with one attached hydrogen (secondary N) is 2. The number of nitrogens with zero attached hydrogens (tertiary/aromatic N) is 1. The minimum Gasteiger partial charge on any atom is -0.484 e. The second-order valence-corrected chi connectivity index (χ2v) is 5.82. The summed E-state index contributed by atoms with van der Waals surface area (Å²) < 4.78 is 41.4. The van der Waals surface area contributed by atoms with E-state index in [-0.39, 0.29) is 5.75 Å². The van der Waals surface area contributed by atoms with Gasteiger partial charge in [-0.15, -0.1) is 0 Å². The summed E-state index contributed by atoms with van der Waals surface area (Å²) in [7, 11) is 1.66. The van der Waals surface area contributed by atoms with Gasteiger partial charge >= 0.3 is 6.18 Å². The van der Waals surface area contributed by atoms with E-state index in [1.165, 1.54) is 11.6 Å². The number of halogens is 3. The molecule has 2 aromatic carbocycles. The summed E-state index contributed by atoms with van der Waals surface area (Å²) in [6, 6.07) is 14.7. The Bertz CT molecular complexity index is 728. The van der Waals surface area contributed by atoms with Gasteiger partial charge in [0.25, 0.3) is 0 Å². The first-order valence-corrected chi connectivity index (χ1v) is 8.14. The third kappa shape index (κ3) is 7.04. The van der Waals surface area contributed by atoms with Crippen molar-refractivity contribution in [3.8, 4) is 5.75 Å². The van der Waals surface area contributed by atoms with E-state index < -0.39 is 12.8 Å². The fourth-order valence-corrected chi connectivity index (χ4v) is 2.21. The molecule has 0 amide bonds. The van der Waals surface area contributed by atoms with Crippen LogP contribution in [0.3, 0.4) is 0 Å². The standard InChI is InChI=1S/C19H22F3N3O/c1-14-6-8-15(9-7-14)11-24-18(23-2)25-12-16-4-3-5-17(10-16)26-13-19(20,21)22/h3-10H,11-13H2,1-2H3,(H2,23,24,25). The van der Waals surface area contributed by atoms with Crippen molar-refractivity contribution in [1.82, 2.24) is 10.6 Å². The third-order valence-electron chi connectivity index (χ3n) is 3.57. The fraction of sp³-hybridized carbons (Fsp3) is 0.316. The monoisotopic (exact) mass is 365 g/mol. The highest BCUT2D eigenvalue weighted by Gasteiger charge is 2.28. The van der Waals surface area contributed by atoms with Gasteiger partial charge in [-0.1, -0.05) is 42.0 Å². The molecular formula is C19H22F3N3O. The van der Waals surface area contributed by atoms with Crippen LogP contribution in [0.5, 0.6) is 5.75 Å². The molecule has 4 nitrogen and oxygen atoms in total. The molecule has 0 aliphatic carbocycles. The van der Waals surface area contributed by atoms with E-state index in [1.54, 1.807) is 25.2 Å². The zero-order valence-electron chi connectivity index (χ0n) is 14.7. The van der Waals surface area contributed by atoms with Gasteiger partial charge in [0.1, 0.15) is 5.75 Å². The van der Waals surface area contributed by atoms with E-state index in [4.69, 9.17) is 4.74 Å². The molecule has 0 aromatic heterocycles. The van der Waals surface area contributed by atoms with Crippen molar-refractivity contribution < 1.29 is 17.9 Å². The summed E-state index contributed by atoms with van der Waals surface area (Å²) >= 11 is 0. The lowest BCUT2D eigenvalue weighted by molar-refractivity contribution is -0.153. The Morgan fingerprint density at radius 3 is 2.27 bits per heavy atom. The largest absolute Gasteiger partial charge is 0.484 e. The van der Waals surface area contributed by atoms with Crippen LogP contribution >= 0.6 is 0 Å². The lowest BCUT2D eigenvalue weighted by Crippen LogP contribution is -2.36. The zero-order valence-corrected chi connectivity index (χ0v) is 14.7. The average molecular weight is 365 g/mol. The minimum atomic E-state index is -4.35. The van der Waals surface area contributed by atoms with Gasteiger partial charge < -0.3 is 15.4 Å². The quantitative estimate of drug-likeness (QED) is 0.605. The highest BCUT2D eigenvalue weighted by molar-refractivity contribution is 5.79. The molecule has 26 heavy (non-hydrogen) atoms. The number of benzene rings is 2. The minimum absolute atomic E-state index is 0.184. The summed E-state index contributed by atoms with van der Waals surface area (Å²) in [5, 5.41) is 6.32. The van der Waals surface area contributed by atoms with E-state index >= 15 is 0 Å². The number of guanidine groups is 1. The molecule has 2 N–H and O–H groups in total. The van der Waals surface area contributed by atoms with E-state index in [1.807, 2.05) is 31.2 Å². The van der Waals surface area contributed by atoms with Gasteiger partial charge in [0, 0.05) is 20.1 Å². The van der Waals surface area contributed by atoms with Gasteiger partial charge in [-0.2, -0.15) is 13.2 Å². The second-order valence-electron chi connectivity index (χ2n) is 5.82. The van der Waals surface area contributed by atoms with Gasteiger partial charge in [0.2, 0.25) is 0 Å². The number of aliphatic imine (C=N–C) groups is 1. The Kier molecular flexibility index (Phi) is 6.89. The summed E-state index contributed by atoms with van der Waals surface area (Å²) in [6.07, 6.45) is -4.35. The van der Waals surface area contributed by atoms with Crippen molar-refractivity contribution in [2.45, 2.75) is 26.2 Å². The molecule has 2 aromatic rings.